The third kappa shape index (κ3) is 3.16. The Kier molecular flexibility index (Phi) is 3.92. The topological polar surface area (TPSA) is 64.1 Å². The van der Waals surface area contributed by atoms with Crippen molar-refractivity contribution in [1.82, 2.24) is 9.19 Å². The molecule has 1 aromatic heterocycles. The van der Waals surface area contributed by atoms with Gasteiger partial charge < -0.3 is 0 Å². The molecule has 1 aromatic rings. The van der Waals surface area contributed by atoms with Crippen LogP contribution in [-0.4, -0.2) is 36.6 Å². The van der Waals surface area contributed by atoms with Crippen LogP contribution >= 0.6 is 0 Å². The Bertz CT molecular complexity index is 287. The molecule has 5 nitrogen and oxygen atoms in total. The van der Waals surface area contributed by atoms with Crippen LogP contribution in [0.4, 0.5) is 9.36 Å². The molecule has 0 unspecified atom stereocenters. The Labute approximate surface area is 82.5 Å². The molecule has 6 heteroatoms. The Morgan fingerprint density at radius 2 is 2.46 bits per heavy atom. The molecule has 0 aliphatic heterocycles. The molecule has 0 atom stereocenters. The van der Waals surface area contributed by atoms with E-state index in [1.807, 2.05) is 13.8 Å². The molecule has 13 heavy (non-hydrogen) atoms. The number of carbonyl (C=O) groups is 1. The minimum absolute atomic E-state index is 0.0880. The first-order valence-electron chi connectivity index (χ1n) is 3.96. The van der Waals surface area contributed by atoms with E-state index in [0.717, 1.165) is 16.7 Å². The molecule has 0 aliphatic rings. The van der Waals surface area contributed by atoms with Crippen molar-refractivity contribution < 1.29 is 9.53 Å². The van der Waals surface area contributed by atoms with Crippen LogP contribution in [0.25, 0.3) is 0 Å². The zero-order valence-electron chi connectivity index (χ0n) is 7.53. The van der Waals surface area contributed by atoms with Crippen molar-refractivity contribution in [3.63, 3.8) is 0 Å². The van der Waals surface area contributed by atoms with Crippen LogP contribution in [0.5, 0.6) is 0 Å². The Balaban J connectivity index is 2.41. The van der Waals surface area contributed by atoms with E-state index >= 15 is 0 Å². The van der Waals surface area contributed by atoms with Gasteiger partial charge in [0.2, 0.25) is 0 Å². The second-order valence-electron chi connectivity index (χ2n) is 2.45. The van der Waals surface area contributed by atoms with Crippen LogP contribution in [0.2, 0.25) is 0 Å². The average molecular weight is 248 g/mol. The summed E-state index contributed by atoms with van der Waals surface area (Å²) in [5.41, 5.74) is 0.772. The van der Waals surface area contributed by atoms with Crippen molar-refractivity contribution in [3.8, 4) is 0 Å². The summed E-state index contributed by atoms with van der Waals surface area (Å²) in [5.74, 6) is 0. The summed E-state index contributed by atoms with van der Waals surface area (Å²) in [7, 11) is 0. The second kappa shape index (κ2) is 4.99. The van der Waals surface area contributed by atoms with Crippen LogP contribution in [0.1, 0.15) is 19.0 Å². The van der Waals surface area contributed by atoms with Crippen molar-refractivity contribution in [2.75, 3.05) is 11.9 Å². The Hall–Kier alpha value is -0.871. The molecule has 0 aliphatic carbocycles. The fraction of sp³-hybridized carbons (Fsp3) is 0.571. The number of ether oxygens (including phenoxy) is 1. The van der Waals surface area contributed by atoms with Gasteiger partial charge in [-0.05, 0) is 0 Å². The van der Waals surface area contributed by atoms with Gasteiger partial charge in [0.1, 0.15) is 0 Å². The van der Waals surface area contributed by atoms with Crippen molar-refractivity contribution in [2.45, 2.75) is 20.3 Å². The summed E-state index contributed by atoms with van der Waals surface area (Å²) in [6, 6.07) is 0. The molecule has 0 saturated carbocycles. The van der Waals surface area contributed by atoms with Crippen molar-refractivity contribution in [3.05, 3.63) is 5.69 Å². The molecule has 0 aromatic carbocycles. The summed E-state index contributed by atoms with van der Waals surface area (Å²) in [5, 5.41) is 6.44. The third-order valence-electron chi connectivity index (χ3n) is 1.30. The molecule has 0 radical (unpaired) electrons. The predicted octanol–water partition coefficient (Wildman–Crippen LogP) is 0.801. The van der Waals surface area contributed by atoms with Crippen LogP contribution < -0.4 is 5.32 Å². The van der Waals surface area contributed by atoms with E-state index in [9.17, 15) is 4.79 Å². The van der Waals surface area contributed by atoms with Gasteiger partial charge in [-0.1, -0.05) is 0 Å². The van der Waals surface area contributed by atoms with Crippen molar-refractivity contribution >= 4 is 25.4 Å². The van der Waals surface area contributed by atoms with Crippen LogP contribution in [0.3, 0.4) is 0 Å². The Morgan fingerprint density at radius 1 is 1.69 bits per heavy atom. The zero-order chi connectivity index (χ0) is 9.68. The van der Waals surface area contributed by atoms with Gasteiger partial charge in [-0.2, -0.15) is 0 Å². The number of nitrogens with one attached hydrogen (secondary N) is 1. The first-order valence-corrected chi connectivity index (χ1v) is 5.59. The monoisotopic (exact) mass is 249 g/mol. The van der Waals surface area contributed by atoms with Crippen LogP contribution in [0, 0.1) is 6.92 Å². The summed E-state index contributed by atoms with van der Waals surface area (Å²) in [6.45, 7) is 4.20. The van der Waals surface area contributed by atoms with Crippen LogP contribution in [0.15, 0.2) is 0 Å². The normalized spacial score (nSPS) is 9.69. The number of rotatable bonds is 3. The van der Waals surface area contributed by atoms with Gasteiger partial charge in [-0.3, -0.25) is 0 Å². The summed E-state index contributed by atoms with van der Waals surface area (Å²) < 4.78 is 9.45. The number of hydrogen-bond donors (Lipinski definition) is 1. The second-order valence-corrected chi connectivity index (χ2v) is 4.03. The fourth-order valence-corrected chi connectivity index (χ4v) is 1.82. The number of hydrogen-bond acceptors (Lipinski definition) is 4. The number of aromatic nitrogens is 2. The maximum absolute atomic E-state index is 11.1. The molecular weight excluding hydrogens is 237 g/mol. The van der Waals surface area contributed by atoms with E-state index in [4.69, 9.17) is 4.74 Å². The summed E-state index contributed by atoms with van der Waals surface area (Å²) in [4.78, 5) is 11.1. The molecule has 0 spiro atoms. The maximum atomic E-state index is 11.1. The summed E-state index contributed by atoms with van der Waals surface area (Å²) >= 11 is -0.0880. The number of nitrogens with zero attached hydrogens (tertiary/aromatic N) is 2. The molecule has 1 heterocycles. The molecule has 72 valence electrons. The molecule has 0 bridgehead atoms. The van der Waals surface area contributed by atoms with E-state index in [-0.39, 0.29) is 14.7 Å². The van der Waals surface area contributed by atoms with Gasteiger partial charge in [-0.15, -0.1) is 0 Å². The van der Waals surface area contributed by atoms with Gasteiger partial charge in [0.15, 0.2) is 0 Å². The average Bonchev–Trinajstić information content (AvgIpc) is 2.48. The van der Waals surface area contributed by atoms with E-state index in [1.165, 1.54) is 0 Å². The number of aryl methyl sites for hydroxylation is 1. The summed E-state index contributed by atoms with van der Waals surface area (Å²) in [6.07, 6.45) is 0.413. The van der Waals surface area contributed by atoms with Crippen molar-refractivity contribution in [2.24, 2.45) is 0 Å². The standard InChI is InChI=1S/C7H11N3O2Se/c1-3-4-12-7(11)8-6-5(2)9-10-13-6/h3-4H2,1-2H3,(H,8,11). The Morgan fingerprint density at radius 3 is 3.00 bits per heavy atom. The first kappa shape index (κ1) is 10.2. The van der Waals surface area contributed by atoms with Gasteiger partial charge in [0.25, 0.3) is 0 Å². The van der Waals surface area contributed by atoms with E-state index < -0.39 is 6.09 Å². The first-order chi connectivity index (χ1) is 6.24. The van der Waals surface area contributed by atoms with E-state index in [0.29, 0.717) is 6.61 Å². The third-order valence-corrected chi connectivity index (χ3v) is 2.86. The van der Waals surface area contributed by atoms with Gasteiger partial charge >= 0.3 is 82.0 Å². The van der Waals surface area contributed by atoms with E-state index in [1.54, 1.807) is 0 Å². The predicted molar refractivity (Wildman–Crippen MR) is 49.0 cm³/mol. The molecule has 0 fully saturated rings. The van der Waals surface area contributed by atoms with E-state index in [2.05, 4.69) is 14.5 Å². The fourth-order valence-electron chi connectivity index (χ4n) is 0.671. The number of anilines is 1. The number of carbonyl (C=O) groups excluding carboxylic acids is 1. The van der Waals surface area contributed by atoms with Gasteiger partial charge in [0.05, 0.1) is 0 Å². The zero-order valence-corrected chi connectivity index (χ0v) is 9.25. The van der Waals surface area contributed by atoms with Gasteiger partial charge in [-0.25, -0.2) is 0 Å². The number of amides is 1. The molecule has 1 rings (SSSR count). The minimum atomic E-state index is -0.412. The SMILES string of the molecule is CCCOC(=O)Nc1[se]nnc1C. The molecule has 0 saturated heterocycles. The molecule has 1 N–H and O–H groups in total. The molecular formula is C7H11N3O2Se. The van der Waals surface area contributed by atoms with Gasteiger partial charge in [0, 0.05) is 0 Å². The van der Waals surface area contributed by atoms with Crippen LogP contribution in [-0.2, 0) is 4.74 Å². The quantitative estimate of drug-likeness (QED) is 0.803. The molecule has 1 amide bonds. The van der Waals surface area contributed by atoms with Crippen molar-refractivity contribution in [1.29, 1.82) is 0 Å².